The van der Waals surface area contributed by atoms with Gasteiger partial charge in [0.2, 0.25) is 0 Å². The van der Waals surface area contributed by atoms with E-state index in [1.54, 1.807) is 7.11 Å². The van der Waals surface area contributed by atoms with Crippen molar-refractivity contribution in [3.05, 3.63) is 371 Å². The van der Waals surface area contributed by atoms with Gasteiger partial charge in [0, 0.05) is 0 Å². The van der Waals surface area contributed by atoms with E-state index >= 15 is 0 Å². The number of hydrogen-bond donors (Lipinski definition) is 0. The van der Waals surface area contributed by atoms with E-state index in [1.807, 2.05) is 12.1 Å². The lowest BCUT2D eigenvalue weighted by molar-refractivity contribution is 0.307. The zero-order valence-corrected chi connectivity index (χ0v) is 50.5. The van der Waals surface area contributed by atoms with Gasteiger partial charge in [0.15, 0.2) is 0 Å². The van der Waals surface area contributed by atoms with Gasteiger partial charge < -0.3 is 18.9 Å². The second-order valence-electron chi connectivity index (χ2n) is 23.7. The summed E-state index contributed by atoms with van der Waals surface area (Å²) in [6.45, 7) is 2.77. The SMILES string of the molecule is COc1ccc(C2(c3ccc(Oc4ccc(-c5ccc(-c6ccc(CCCCOc7ccc(C8(c9ccc(Oc%10ccc(-c%11ccc(C)cc%11)cc%10)cc9)c9ccccc9-c9ccccc98)cc7)cc6)cc5)cc4)cc3)c3ccccc3-c3ccccc32)cc1. The minimum Gasteiger partial charge on any atom is -0.497 e. The number of hydrogen-bond acceptors (Lipinski definition) is 4. The predicted octanol–water partition coefficient (Wildman–Crippen LogP) is 21.7. The highest BCUT2D eigenvalue weighted by Gasteiger charge is 2.47. The van der Waals surface area contributed by atoms with E-state index in [-0.39, 0.29) is 0 Å². The highest BCUT2D eigenvalue weighted by molar-refractivity contribution is 5.88. The van der Waals surface area contributed by atoms with Gasteiger partial charge in [-0.15, -0.1) is 0 Å². The number of methoxy groups -OCH3 is 1. The third-order valence-corrected chi connectivity index (χ3v) is 18.5. The molecule has 0 radical (unpaired) electrons. The van der Waals surface area contributed by atoms with Crippen molar-refractivity contribution in [1.82, 2.24) is 0 Å². The molecule has 0 heterocycles. The summed E-state index contributed by atoms with van der Waals surface area (Å²) in [4.78, 5) is 0. The minimum atomic E-state index is -0.523. The first-order valence-electron chi connectivity index (χ1n) is 31.2. The molecular weight excluding hydrogens is 1100 g/mol. The summed E-state index contributed by atoms with van der Waals surface area (Å²) in [7, 11) is 1.71. The molecule has 0 fully saturated rings. The predicted molar refractivity (Wildman–Crippen MR) is 367 cm³/mol. The van der Waals surface area contributed by atoms with Gasteiger partial charge in [-0.2, -0.15) is 0 Å². The zero-order chi connectivity index (χ0) is 60.4. The van der Waals surface area contributed by atoms with Gasteiger partial charge in [-0.3, -0.25) is 0 Å². The molecule has 0 spiro atoms. The lowest BCUT2D eigenvalue weighted by atomic mass is 9.68. The fourth-order valence-electron chi connectivity index (χ4n) is 14.0. The summed E-state index contributed by atoms with van der Waals surface area (Å²) in [5.41, 5.74) is 23.5. The molecule has 0 aromatic heterocycles. The van der Waals surface area contributed by atoms with Crippen LogP contribution in [0.2, 0.25) is 0 Å². The van der Waals surface area contributed by atoms with Crippen molar-refractivity contribution in [3.63, 3.8) is 0 Å². The molecule has 2 aliphatic rings. The Kier molecular flexibility index (Phi) is 14.8. The first-order valence-corrected chi connectivity index (χ1v) is 31.2. The molecule has 0 N–H and O–H groups in total. The monoisotopic (exact) mass is 1160 g/mol. The van der Waals surface area contributed by atoms with Crippen molar-refractivity contribution >= 4 is 0 Å². The maximum absolute atomic E-state index is 6.48. The van der Waals surface area contributed by atoms with Gasteiger partial charge in [0.25, 0.3) is 0 Å². The Bertz CT molecular complexity index is 4550. The van der Waals surface area contributed by atoms with E-state index in [2.05, 4.69) is 310 Å². The quantitative estimate of drug-likeness (QED) is 0.0803. The maximum atomic E-state index is 6.48. The molecule has 13 aromatic carbocycles. The van der Waals surface area contributed by atoms with Crippen LogP contribution in [0.3, 0.4) is 0 Å². The molecule has 13 aromatic rings. The summed E-state index contributed by atoms with van der Waals surface area (Å²) in [5.74, 6) is 4.89. The molecular formula is C86H66O4. The van der Waals surface area contributed by atoms with Crippen LogP contribution in [0.25, 0.3) is 55.6 Å². The zero-order valence-electron chi connectivity index (χ0n) is 50.5. The smallest absolute Gasteiger partial charge is 0.127 e. The molecule has 0 atom stereocenters. The molecule has 0 saturated carbocycles. The normalized spacial score (nSPS) is 12.9. The number of fused-ring (bicyclic) bond motifs is 6. The molecule has 0 unspecified atom stereocenters. The van der Waals surface area contributed by atoms with Crippen LogP contribution < -0.4 is 18.9 Å². The van der Waals surface area contributed by atoms with Crippen molar-refractivity contribution in [2.45, 2.75) is 37.0 Å². The molecule has 2 aliphatic carbocycles. The van der Waals surface area contributed by atoms with Gasteiger partial charge in [0.1, 0.15) is 34.5 Å². The summed E-state index contributed by atoms with van der Waals surface area (Å²) >= 11 is 0. The minimum absolute atomic E-state index is 0.494. The molecule has 0 aliphatic heterocycles. The maximum Gasteiger partial charge on any atom is 0.127 e. The van der Waals surface area contributed by atoms with Gasteiger partial charge >= 0.3 is 0 Å². The van der Waals surface area contributed by atoms with Gasteiger partial charge in [-0.05, 0) is 205 Å². The average molecular weight is 1160 g/mol. The van der Waals surface area contributed by atoms with E-state index in [4.69, 9.17) is 18.9 Å². The van der Waals surface area contributed by atoms with Crippen molar-refractivity contribution in [2.24, 2.45) is 0 Å². The molecule has 434 valence electrons. The summed E-state index contributed by atoms with van der Waals surface area (Å²) in [6, 6.07) is 113. The Morgan fingerprint density at radius 3 is 0.889 bits per heavy atom. The lowest BCUT2D eigenvalue weighted by Crippen LogP contribution is -2.28. The number of rotatable bonds is 18. The standard InChI is InChI=1S/C86H66O4/c1-59-22-26-61(27-23-59)65-34-46-73(47-35-65)89-76-56-44-70(45-57-76)86(83-20-9-5-16-79(83)80-17-6-10-21-84(80)86)68-40-52-72(53-41-68)88-58-12-11-13-60-24-28-62(29-25-60)63-30-32-64(33-31-63)66-36-48-74(49-37-66)90-75-54-42-69(43-55-75)85(67-38-50-71(87-2)51-39-67)81-18-7-3-14-77(81)78-15-4-8-19-82(78)85/h3-10,14-57H,11-13,58H2,1-2H3. The lowest BCUT2D eigenvalue weighted by Gasteiger charge is -2.34. The second-order valence-corrected chi connectivity index (χ2v) is 23.7. The topological polar surface area (TPSA) is 36.9 Å². The summed E-state index contributed by atoms with van der Waals surface area (Å²) < 4.78 is 24.9. The van der Waals surface area contributed by atoms with Crippen LogP contribution in [0, 0.1) is 6.92 Å². The molecule has 15 rings (SSSR count). The van der Waals surface area contributed by atoms with Crippen LogP contribution in [0.1, 0.15) is 68.5 Å². The molecule has 90 heavy (non-hydrogen) atoms. The largest absolute Gasteiger partial charge is 0.497 e. The van der Waals surface area contributed by atoms with E-state index in [1.165, 1.54) is 94.6 Å². The van der Waals surface area contributed by atoms with Crippen molar-refractivity contribution in [2.75, 3.05) is 13.7 Å². The molecule has 0 bridgehead atoms. The Hall–Kier alpha value is -10.9. The molecule has 4 nitrogen and oxygen atoms in total. The Balaban J connectivity index is 0.562. The number of ether oxygens (including phenoxy) is 4. The van der Waals surface area contributed by atoms with Gasteiger partial charge in [-0.25, -0.2) is 0 Å². The Morgan fingerprint density at radius 2 is 0.544 bits per heavy atom. The highest BCUT2D eigenvalue weighted by Crippen LogP contribution is 2.58. The van der Waals surface area contributed by atoms with Crippen LogP contribution in [0.5, 0.6) is 34.5 Å². The van der Waals surface area contributed by atoms with Crippen LogP contribution in [-0.2, 0) is 17.3 Å². The van der Waals surface area contributed by atoms with Crippen LogP contribution >= 0.6 is 0 Å². The van der Waals surface area contributed by atoms with Crippen LogP contribution in [0.4, 0.5) is 0 Å². The number of benzene rings is 13. The van der Waals surface area contributed by atoms with Gasteiger partial charge in [-0.1, -0.05) is 248 Å². The second kappa shape index (κ2) is 24.0. The summed E-state index contributed by atoms with van der Waals surface area (Å²) in [6.07, 6.45) is 2.99. The summed E-state index contributed by atoms with van der Waals surface area (Å²) in [5, 5.41) is 0. The van der Waals surface area contributed by atoms with Gasteiger partial charge in [0.05, 0.1) is 24.5 Å². The Morgan fingerprint density at radius 1 is 0.267 bits per heavy atom. The van der Waals surface area contributed by atoms with Crippen molar-refractivity contribution in [1.29, 1.82) is 0 Å². The van der Waals surface area contributed by atoms with Crippen LogP contribution in [-0.4, -0.2) is 13.7 Å². The van der Waals surface area contributed by atoms with E-state index in [9.17, 15) is 0 Å². The molecule has 0 saturated heterocycles. The van der Waals surface area contributed by atoms with Crippen LogP contribution in [0.15, 0.2) is 315 Å². The van der Waals surface area contributed by atoms with E-state index < -0.39 is 10.8 Å². The fourth-order valence-corrected chi connectivity index (χ4v) is 14.0. The fraction of sp³-hybridized carbons (Fsp3) is 0.0930. The van der Waals surface area contributed by atoms with Crippen molar-refractivity contribution in [3.8, 4) is 90.1 Å². The van der Waals surface area contributed by atoms with Crippen molar-refractivity contribution < 1.29 is 18.9 Å². The first-order chi connectivity index (χ1) is 44.4. The Labute approximate surface area is 527 Å². The number of unbranched alkanes of at least 4 members (excludes halogenated alkanes) is 1. The molecule has 0 amide bonds. The third kappa shape index (κ3) is 10.2. The highest BCUT2D eigenvalue weighted by atomic mass is 16.5. The third-order valence-electron chi connectivity index (χ3n) is 18.5. The molecule has 4 heteroatoms. The van der Waals surface area contributed by atoms with E-state index in [0.29, 0.717) is 6.61 Å². The average Bonchev–Trinajstić information content (AvgIpc) is 1.57. The first kappa shape index (κ1) is 55.6. The number of aryl methyl sites for hydroxylation is 2. The van der Waals surface area contributed by atoms with E-state index in [0.717, 1.165) is 70.4 Å².